The molecule has 0 aromatic rings. The Balaban J connectivity index is 2.70. The summed E-state index contributed by atoms with van der Waals surface area (Å²) in [7, 11) is 0. The Hall–Kier alpha value is 0.210. The monoisotopic (exact) mass is 242 g/mol. The highest BCUT2D eigenvalue weighted by atomic mass is 35.6. The molecule has 1 rings (SSSR count). The van der Waals surface area contributed by atoms with E-state index in [4.69, 9.17) is 34.8 Å². The van der Waals surface area contributed by atoms with Crippen LogP contribution in [0.2, 0.25) is 0 Å². The van der Waals surface area contributed by atoms with Gasteiger partial charge in [-0.05, 0) is 12.8 Å². The predicted octanol–water partition coefficient (Wildman–Crippen LogP) is 2.69. The first-order valence-electron chi connectivity index (χ1n) is 4.06. The molecule has 1 atom stereocenters. The second kappa shape index (κ2) is 4.16. The number of carbonyl (C=O) groups is 2. The number of ketones is 2. The fourth-order valence-corrected chi connectivity index (χ4v) is 1.85. The minimum atomic E-state index is -1.95. The van der Waals surface area contributed by atoms with Crippen LogP contribution >= 0.6 is 34.8 Å². The second-order valence-corrected chi connectivity index (χ2v) is 5.41. The third-order valence-corrected chi connectivity index (χ3v) is 2.71. The molecule has 0 aromatic carbocycles. The lowest BCUT2D eigenvalue weighted by atomic mass is 9.85. The van der Waals surface area contributed by atoms with E-state index >= 15 is 0 Å². The fourth-order valence-electron chi connectivity index (χ4n) is 1.46. The first-order valence-corrected chi connectivity index (χ1v) is 5.20. The number of rotatable bonds is 1. The van der Waals surface area contributed by atoms with Gasteiger partial charge in [-0.2, -0.15) is 0 Å². The summed E-state index contributed by atoms with van der Waals surface area (Å²) < 4.78 is -1.95. The first kappa shape index (κ1) is 11.3. The average Bonchev–Trinajstić information content (AvgIpc) is 2.02. The number of hydrogen-bond acceptors (Lipinski definition) is 2. The molecule has 0 aliphatic heterocycles. The Morgan fingerprint density at radius 3 is 2.38 bits per heavy atom. The largest absolute Gasteiger partial charge is 0.299 e. The summed E-state index contributed by atoms with van der Waals surface area (Å²) in [5, 5.41) is 0. The van der Waals surface area contributed by atoms with E-state index in [1.165, 1.54) is 0 Å². The summed E-state index contributed by atoms with van der Waals surface area (Å²) in [6, 6.07) is 0. The van der Waals surface area contributed by atoms with Gasteiger partial charge < -0.3 is 0 Å². The summed E-state index contributed by atoms with van der Waals surface area (Å²) in [4.78, 5) is 22.7. The Kier molecular flexibility index (Phi) is 3.61. The molecule has 1 aliphatic rings. The molecule has 5 heteroatoms. The fraction of sp³-hybridized carbons (Fsp3) is 0.750. The predicted molar refractivity (Wildman–Crippen MR) is 52.3 cm³/mol. The van der Waals surface area contributed by atoms with Crippen LogP contribution in [0.5, 0.6) is 0 Å². The van der Waals surface area contributed by atoms with Crippen molar-refractivity contribution in [3.63, 3.8) is 0 Å². The molecule has 0 N–H and O–H groups in total. The maximum absolute atomic E-state index is 11.4. The number of carbonyl (C=O) groups excluding carboxylic acids is 2. The van der Waals surface area contributed by atoms with Crippen LogP contribution in [0.25, 0.3) is 0 Å². The van der Waals surface area contributed by atoms with E-state index in [0.717, 1.165) is 12.8 Å². The third-order valence-electron chi connectivity index (χ3n) is 2.15. The van der Waals surface area contributed by atoms with E-state index in [-0.39, 0.29) is 5.78 Å². The van der Waals surface area contributed by atoms with Crippen LogP contribution < -0.4 is 0 Å². The van der Waals surface area contributed by atoms with Crippen molar-refractivity contribution in [1.29, 1.82) is 0 Å². The summed E-state index contributed by atoms with van der Waals surface area (Å²) in [5.74, 6) is -1.37. The van der Waals surface area contributed by atoms with Crippen molar-refractivity contribution in [2.75, 3.05) is 0 Å². The average molecular weight is 244 g/mol. The zero-order chi connectivity index (χ0) is 10.1. The zero-order valence-corrected chi connectivity index (χ0v) is 9.12. The van der Waals surface area contributed by atoms with Gasteiger partial charge in [-0.1, -0.05) is 41.2 Å². The first-order chi connectivity index (χ1) is 5.93. The topological polar surface area (TPSA) is 34.1 Å². The van der Waals surface area contributed by atoms with Gasteiger partial charge in [0, 0.05) is 6.42 Å². The lowest BCUT2D eigenvalue weighted by molar-refractivity contribution is -0.133. The van der Waals surface area contributed by atoms with Crippen LogP contribution in [0.15, 0.2) is 0 Å². The number of Topliss-reactive ketones (excluding diaryl/α,β-unsaturated/α-hetero) is 2. The van der Waals surface area contributed by atoms with E-state index in [9.17, 15) is 9.59 Å². The number of halogens is 3. The van der Waals surface area contributed by atoms with Crippen molar-refractivity contribution < 1.29 is 9.59 Å². The smallest absolute Gasteiger partial charge is 0.249 e. The van der Waals surface area contributed by atoms with Gasteiger partial charge in [0.1, 0.15) is 5.78 Å². The van der Waals surface area contributed by atoms with Gasteiger partial charge in [0.2, 0.25) is 3.79 Å². The van der Waals surface area contributed by atoms with E-state index in [2.05, 4.69) is 0 Å². The summed E-state index contributed by atoms with van der Waals surface area (Å²) in [6.45, 7) is 0. The van der Waals surface area contributed by atoms with Crippen LogP contribution in [0.3, 0.4) is 0 Å². The standard InChI is InChI=1S/C8H9Cl3O2/c9-8(10,11)7(13)5-3-1-2-4-6(5)12/h5H,1-4H2. The Morgan fingerprint density at radius 1 is 1.31 bits per heavy atom. The van der Waals surface area contributed by atoms with Crippen molar-refractivity contribution >= 4 is 46.4 Å². The highest BCUT2D eigenvalue weighted by molar-refractivity contribution is 6.76. The second-order valence-electron chi connectivity index (χ2n) is 3.13. The molecular formula is C8H9Cl3O2. The molecule has 1 fully saturated rings. The van der Waals surface area contributed by atoms with Gasteiger partial charge in [0.15, 0.2) is 5.78 Å². The normalized spacial score (nSPS) is 24.5. The van der Waals surface area contributed by atoms with Crippen molar-refractivity contribution in [2.24, 2.45) is 5.92 Å². The van der Waals surface area contributed by atoms with E-state index < -0.39 is 15.5 Å². The molecule has 0 spiro atoms. The summed E-state index contributed by atoms with van der Waals surface area (Å²) in [6.07, 6.45) is 2.63. The van der Waals surface area contributed by atoms with E-state index in [1.54, 1.807) is 0 Å². The molecule has 0 heterocycles. The van der Waals surface area contributed by atoms with Crippen LogP contribution in [0, 0.1) is 5.92 Å². The van der Waals surface area contributed by atoms with E-state index in [1.807, 2.05) is 0 Å². The lowest BCUT2D eigenvalue weighted by Crippen LogP contribution is -2.35. The molecule has 0 saturated heterocycles. The Labute approximate surface area is 91.5 Å². The molecule has 1 unspecified atom stereocenters. The molecule has 13 heavy (non-hydrogen) atoms. The molecule has 1 saturated carbocycles. The maximum atomic E-state index is 11.4. The summed E-state index contributed by atoms with van der Waals surface area (Å²) in [5.41, 5.74) is 0. The van der Waals surface area contributed by atoms with Gasteiger partial charge in [0.05, 0.1) is 5.92 Å². The van der Waals surface area contributed by atoms with E-state index in [0.29, 0.717) is 12.8 Å². The van der Waals surface area contributed by atoms with Gasteiger partial charge >= 0.3 is 0 Å². The highest BCUT2D eigenvalue weighted by Gasteiger charge is 2.40. The minimum absolute atomic E-state index is 0.0948. The van der Waals surface area contributed by atoms with Crippen LogP contribution in [0.1, 0.15) is 25.7 Å². The molecule has 0 aromatic heterocycles. The molecule has 74 valence electrons. The van der Waals surface area contributed by atoms with Crippen molar-refractivity contribution in [3.05, 3.63) is 0 Å². The SMILES string of the molecule is O=C1CCCCC1C(=O)C(Cl)(Cl)Cl. The van der Waals surface area contributed by atoms with Gasteiger partial charge in [-0.3, -0.25) is 9.59 Å². The molecule has 2 nitrogen and oxygen atoms in total. The minimum Gasteiger partial charge on any atom is -0.299 e. The highest BCUT2D eigenvalue weighted by Crippen LogP contribution is 2.34. The van der Waals surface area contributed by atoms with Crippen LogP contribution in [-0.4, -0.2) is 15.4 Å². The van der Waals surface area contributed by atoms with Crippen LogP contribution in [-0.2, 0) is 9.59 Å². The summed E-state index contributed by atoms with van der Waals surface area (Å²) >= 11 is 16.2. The number of hydrogen-bond donors (Lipinski definition) is 0. The molecule has 1 aliphatic carbocycles. The Bertz CT molecular complexity index is 232. The third kappa shape index (κ3) is 2.83. The quantitative estimate of drug-likeness (QED) is 0.524. The van der Waals surface area contributed by atoms with Crippen molar-refractivity contribution in [3.8, 4) is 0 Å². The number of alkyl halides is 3. The van der Waals surface area contributed by atoms with Crippen molar-refractivity contribution in [2.45, 2.75) is 29.5 Å². The molecule has 0 bridgehead atoms. The Morgan fingerprint density at radius 2 is 1.92 bits per heavy atom. The van der Waals surface area contributed by atoms with Crippen LogP contribution in [0.4, 0.5) is 0 Å². The molecular weight excluding hydrogens is 234 g/mol. The lowest BCUT2D eigenvalue weighted by Gasteiger charge is -2.22. The zero-order valence-electron chi connectivity index (χ0n) is 6.86. The van der Waals surface area contributed by atoms with Crippen molar-refractivity contribution in [1.82, 2.24) is 0 Å². The molecule has 0 amide bonds. The maximum Gasteiger partial charge on any atom is 0.249 e. The molecule has 0 radical (unpaired) electrons. The van der Waals surface area contributed by atoms with Gasteiger partial charge in [-0.25, -0.2) is 0 Å². The van der Waals surface area contributed by atoms with Gasteiger partial charge in [-0.15, -0.1) is 0 Å². The van der Waals surface area contributed by atoms with Gasteiger partial charge in [0.25, 0.3) is 0 Å².